The lowest BCUT2D eigenvalue weighted by Crippen LogP contribution is -2.22. The van der Waals surface area contributed by atoms with E-state index in [1.54, 1.807) is 6.08 Å². The molecule has 0 atom stereocenters. The van der Waals surface area contributed by atoms with E-state index in [9.17, 15) is 4.79 Å². The number of hydrogen-bond acceptors (Lipinski definition) is 3. The number of nitrogens with zero attached hydrogens (tertiary/aromatic N) is 1. The van der Waals surface area contributed by atoms with Crippen molar-refractivity contribution in [2.45, 2.75) is 40.2 Å². The fourth-order valence-electron chi connectivity index (χ4n) is 1.79. The third kappa shape index (κ3) is 4.59. The van der Waals surface area contributed by atoms with Gasteiger partial charge in [0.2, 0.25) is 0 Å². The van der Waals surface area contributed by atoms with Gasteiger partial charge >= 0.3 is 5.97 Å². The minimum atomic E-state index is -0.490. The summed E-state index contributed by atoms with van der Waals surface area (Å²) in [5.74, 6) is -0.365. The molecule has 0 bridgehead atoms. The van der Waals surface area contributed by atoms with Crippen LogP contribution < -0.4 is 0 Å². The minimum absolute atomic E-state index is 0.365. The van der Waals surface area contributed by atoms with Crippen LogP contribution in [-0.4, -0.2) is 11.6 Å². The van der Waals surface area contributed by atoms with Gasteiger partial charge in [-0.2, -0.15) is 5.26 Å². The SMILES string of the molecule is Cc1cc(C#N)cc(C)c1C=CC(=O)OC(C)(C)C. The van der Waals surface area contributed by atoms with Crippen molar-refractivity contribution < 1.29 is 9.53 Å². The number of carbonyl (C=O) groups excluding carboxylic acids is 1. The van der Waals surface area contributed by atoms with Gasteiger partial charge in [0.25, 0.3) is 0 Å². The van der Waals surface area contributed by atoms with E-state index < -0.39 is 5.60 Å². The van der Waals surface area contributed by atoms with Crippen LogP contribution in [0.1, 0.15) is 43.0 Å². The lowest BCUT2D eigenvalue weighted by molar-refractivity contribution is -0.148. The van der Waals surface area contributed by atoms with Crippen molar-refractivity contribution >= 4 is 12.0 Å². The average molecular weight is 257 g/mol. The summed E-state index contributed by atoms with van der Waals surface area (Å²) in [4.78, 5) is 11.6. The largest absolute Gasteiger partial charge is 0.457 e. The van der Waals surface area contributed by atoms with Crippen molar-refractivity contribution in [2.24, 2.45) is 0 Å². The molecule has 1 rings (SSSR count). The van der Waals surface area contributed by atoms with Crippen LogP contribution >= 0.6 is 0 Å². The molecule has 1 aromatic carbocycles. The van der Waals surface area contributed by atoms with Crippen molar-refractivity contribution in [3.05, 3.63) is 40.5 Å². The van der Waals surface area contributed by atoms with E-state index in [0.29, 0.717) is 5.56 Å². The second kappa shape index (κ2) is 5.71. The Kier molecular flexibility index (Phi) is 4.50. The van der Waals surface area contributed by atoms with Gasteiger partial charge in [-0.15, -0.1) is 0 Å². The van der Waals surface area contributed by atoms with E-state index in [2.05, 4.69) is 6.07 Å². The number of ether oxygens (including phenoxy) is 1. The van der Waals surface area contributed by atoms with E-state index in [0.717, 1.165) is 16.7 Å². The third-order valence-electron chi connectivity index (χ3n) is 2.52. The Labute approximate surface area is 114 Å². The Morgan fingerprint density at radius 1 is 1.26 bits per heavy atom. The maximum Gasteiger partial charge on any atom is 0.331 e. The Bertz CT molecular complexity index is 534. The number of rotatable bonds is 2. The highest BCUT2D eigenvalue weighted by Crippen LogP contribution is 2.18. The normalized spacial score (nSPS) is 11.4. The van der Waals surface area contributed by atoms with Gasteiger partial charge in [0, 0.05) is 6.08 Å². The van der Waals surface area contributed by atoms with E-state index in [4.69, 9.17) is 10.00 Å². The van der Waals surface area contributed by atoms with Crippen molar-refractivity contribution in [3.8, 4) is 6.07 Å². The second-order valence-electron chi connectivity index (χ2n) is 5.50. The summed E-state index contributed by atoms with van der Waals surface area (Å²) in [7, 11) is 0. The molecule has 0 spiro atoms. The summed E-state index contributed by atoms with van der Waals surface area (Å²) < 4.78 is 5.21. The molecule has 0 heterocycles. The highest BCUT2D eigenvalue weighted by molar-refractivity contribution is 5.88. The maximum atomic E-state index is 11.6. The number of carbonyl (C=O) groups is 1. The molecule has 0 radical (unpaired) electrons. The molecule has 0 unspecified atom stereocenters. The topological polar surface area (TPSA) is 50.1 Å². The summed E-state index contributed by atoms with van der Waals surface area (Å²) in [5.41, 5.74) is 3.03. The molecule has 1 aromatic rings. The smallest absolute Gasteiger partial charge is 0.331 e. The first kappa shape index (κ1) is 15.0. The zero-order chi connectivity index (χ0) is 14.6. The lowest BCUT2D eigenvalue weighted by atomic mass is 9.99. The fraction of sp³-hybridized carbons (Fsp3) is 0.375. The Hall–Kier alpha value is -2.08. The van der Waals surface area contributed by atoms with E-state index in [1.807, 2.05) is 46.8 Å². The summed E-state index contributed by atoms with van der Waals surface area (Å²) >= 11 is 0. The van der Waals surface area contributed by atoms with Crippen LogP contribution in [0.4, 0.5) is 0 Å². The average Bonchev–Trinajstić information content (AvgIpc) is 2.25. The molecule has 3 nitrogen and oxygen atoms in total. The molecule has 0 amide bonds. The van der Waals surface area contributed by atoms with Gasteiger partial charge in [-0.05, 0) is 69.5 Å². The van der Waals surface area contributed by atoms with Crippen LogP contribution in [0.15, 0.2) is 18.2 Å². The first-order chi connectivity index (χ1) is 8.73. The monoisotopic (exact) mass is 257 g/mol. The molecule has 0 aliphatic heterocycles. The van der Waals surface area contributed by atoms with Crippen molar-refractivity contribution in [2.75, 3.05) is 0 Å². The van der Waals surface area contributed by atoms with E-state index in [1.165, 1.54) is 6.08 Å². The first-order valence-electron chi connectivity index (χ1n) is 6.15. The quantitative estimate of drug-likeness (QED) is 0.601. The van der Waals surface area contributed by atoms with Crippen LogP contribution in [-0.2, 0) is 9.53 Å². The highest BCUT2D eigenvalue weighted by atomic mass is 16.6. The Morgan fingerprint density at radius 3 is 2.21 bits per heavy atom. The summed E-state index contributed by atoms with van der Waals surface area (Å²) in [6.07, 6.45) is 3.16. The fourth-order valence-corrected chi connectivity index (χ4v) is 1.79. The number of hydrogen-bond donors (Lipinski definition) is 0. The molecule has 0 N–H and O–H groups in total. The minimum Gasteiger partial charge on any atom is -0.457 e. The van der Waals surface area contributed by atoms with E-state index >= 15 is 0 Å². The van der Waals surface area contributed by atoms with Crippen molar-refractivity contribution in [1.29, 1.82) is 5.26 Å². The third-order valence-corrected chi connectivity index (χ3v) is 2.52. The summed E-state index contributed by atoms with van der Waals surface area (Å²) in [6, 6.07) is 5.73. The van der Waals surface area contributed by atoms with Gasteiger partial charge in [0.05, 0.1) is 11.6 Å². The molecule has 0 aromatic heterocycles. The predicted molar refractivity (Wildman–Crippen MR) is 75.5 cm³/mol. The van der Waals surface area contributed by atoms with Crippen molar-refractivity contribution in [3.63, 3.8) is 0 Å². The molecule has 19 heavy (non-hydrogen) atoms. The predicted octanol–water partition coefficient (Wildman–Crippen LogP) is 3.53. The molecule has 0 saturated heterocycles. The van der Waals surface area contributed by atoms with Gasteiger partial charge in [0.1, 0.15) is 5.60 Å². The van der Waals surface area contributed by atoms with Crippen LogP contribution in [0, 0.1) is 25.2 Å². The zero-order valence-electron chi connectivity index (χ0n) is 12.1. The first-order valence-corrected chi connectivity index (χ1v) is 6.15. The molecule has 0 aliphatic rings. The summed E-state index contributed by atoms with van der Waals surface area (Å²) in [6.45, 7) is 9.33. The standard InChI is InChI=1S/C16H19NO2/c1-11-8-13(10-17)9-12(2)14(11)6-7-15(18)19-16(3,4)5/h6-9H,1-5H3. The van der Waals surface area contributed by atoms with Gasteiger partial charge in [-0.1, -0.05) is 0 Å². The molecule has 3 heteroatoms. The molecular formula is C16H19NO2. The molecule has 0 saturated carbocycles. The zero-order valence-corrected chi connectivity index (χ0v) is 12.1. The van der Waals surface area contributed by atoms with Gasteiger partial charge in [0.15, 0.2) is 0 Å². The number of nitriles is 1. The summed E-state index contributed by atoms with van der Waals surface area (Å²) in [5, 5.41) is 8.88. The van der Waals surface area contributed by atoms with Gasteiger partial charge in [-0.25, -0.2) is 4.79 Å². The van der Waals surface area contributed by atoms with E-state index in [-0.39, 0.29) is 5.97 Å². The van der Waals surface area contributed by atoms with Crippen molar-refractivity contribution in [1.82, 2.24) is 0 Å². The number of aryl methyl sites for hydroxylation is 2. The van der Waals surface area contributed by atoms with Crippen LogP contribution in [0.25, 0.3) is 6.08 Å². The molecule has 0 fully saturated rings. The molecular weight excluding hydrogens is 238 g/mol. The Morgan fingerprint density at radius 2 is 1.79 bits per heavy atom. The van der Waals surface area contributed by atoms with Crippen LogP contribution in [0.3, 0.4) is 0 Å². The van der Waals surface area contributed by atoms with Gasteiger partial charge < -0.3 is 4.74 Å². The lowest BCUT2D eigenvalue weighted by Gasteiger charge is -2.18. The van der Waals surface area contributed by atoms with Crippen LogP contribution in [0.2, 0.25) is 0 Å². The van der Waals surface area contributed by atoms with Crippen LogP contribution in [0.5, 0.6) is 0 Å². The second-order valence-corrected chi connectivity index (χ2v) is 5.50. The highest BCUT2D eigenvalue weighted by Gasteiger charge is 2.14. The maximum absolute atomic E-state index is 11.6. The number of benzene rings is 1. The number of esters is 1. The Balaban J connectivity index is 2.95. The molecule has 0 aliphatic carbocycles. The molecule has 100 valence electrons. The van der Waals surface area contributed by atoms with Gasteiger partial charge in [-0.3, -0.25) is 0 Å².